The molecule has 0 saturated carbocycles. The second kappa shape index (κ2) is 13.7. The summed E-state index contributed by atoms with van der Waals surface area (Å²) in [5.74, 6) is 0. The Hall–Kier alpha value is -5.93. The van der Waals surface area contributed by atoms with Crippen LogP contribution in [0.4, 0.5) is 5.69 Å². The highest BCUT2D eigenvalue weighted by atomic mass is 15.2. The lowest BCUT2D eigenvalue weighted by atomic mass is 9.98. The maximum Gasteiger partial charge on any atom is 0.0543 e. The van der Waals surface area contributed by atoms with Crippen molar-refractivity contribution in [3.8, 4) is 5.69 Å². The van der Waals surface area contributed by atoms with Gasteiger partial charge in [-0.1, -0.05) is 98.1 Å². The third-order valence-corrected chi connectivity index (χ3v) is 9.37. The molecular weight excluding hydrogens is 595 g/mol. The number of hydrogen-bond acceptors (Lipinski definition) is 2. The van der Waals surface area contributed by atoms with Crippen LogP contribution < -0.4 is 4.90 Å². The number of rotatable bonds is 6. The number of fused-ring (bicyclic) bond motifs is 3. The molecule has 0 amide bonds. The largest absolute Gasteiger partial charge is 0.311 e. The van der Waals surface area contributed by atoms with E-state index in [2.05, 4.69) is 170 Å². The van der Waals surface area contributed by atoms with Gasteiger partial charge in [-0.3, -0.25) is 0 Å². The molecule has 0 saturated heterocycles. The maximum absolute atomic E-state index is 8.47. The standard InChI is InChI=1S/C46H41N3/c1-32-14-8-9-16-36-15-6-5-7-22-44(36)48(35(4)26-32)40-19-13-18-38(30-40)39(31-47)28-34(3)37-17-12-20-41(29-37)49-45-23-11-10-21-42(45)43-25-24-33(2)27-46(43)49/h5-8,10-14,17-31,47H,3-4,9,15-16H2,1-2H3/b14-8-,32-26-,39-28+,47-31?. The molecule has 240 valence electrons. The lowest BCUT2D eigenvalue weighted by molar-refractivity contribution is 0.907. The highest BCUT2D eigenvalue weighted by molar-refractivity contribution is 6.12. The van der Waals surface area contributed by atoms with Crippen molar-refractivity contribution in [3.05, 3.63) is 192 Å². The molecule has 49 heavy (non-hydrogen) atoms. The molecule has 1 aromatic heterocycles. The number of anilines is 1. The van der Waals surface area contributed by atoms with E-state index in [4.69, 9.17) is 5.41 Å². The van der Waals surface area contributed by atoms with Crippen molar-refractivity contribution in [3.63, 3.8) is 0 Å². The summed E-state index contributed by atoms with van der Waals surface area (Å²) in [4.78, 5) is 2.26. The Kier molecular flexibility index (Phi) is 8.83. The zero-order valence-corrected chi connectivity index (χ0v) is 28.3. The van der Waals surface area contributed by atoms with Crippen molar-refractivity contribution in [1.82, 2.24) is 4.57 Å². The van der Waals surface area contributed by atoms with Crippen LogP contribution in [-0.4, -0.2) is 10.8 Å². The van der Waals surface area contributed by atoms with E-state index < -0.39 is 0 Å². The SMILES string of the molecule is C=C(/C=C(\C=N)c1cccc(N2C(=C)/C=C(C)\C=C/CCC3=C2C=CC=CC3)c1)c1cccc(-n2c3ccccc3c3ccc(C)cc32)c1. The number of aryl methyl sites for hydroxylation is 1. The van der Waals surface area contributed by atoms with Gasteiger partial charge in [-0.2, -0.15) is 0 Å². The van der Waals surface area contributed by atoms with E-state index >= 15 is 0 Å². The van der Waals surface area contributed by atoms with Gasteiger partial charge < -0.3 is 14.9 Å². The fraction of sp³-hybridized carbons (Fsp3) is 0.109. The molecule has 0 spiro atoms. The number of nitrogens with one attached hydrogen (secondary N) is 1. The predicted octanol–water partition coefficient (Wildman–Crippen LogP) is 12.2. The van der Waals surface area contributed by atoms with Crippen LogP contribution in [-0.2, 0) is 0 Å². The second-order valence-corrected chi connectivity index (χ2v) is 12.9. The molecule has 5 aromatic rings. The van der Waals surface area contributed by atoms with Crippen LogP contribution in [0.15, 0.2) is 175 Å². The van der Waals surface area contributed by atoms with Crippen molar-refractivity contribution in [2.45, 2.75) is 33.1 Å². The lowest BCUT2D eigenvalue weighted by Crippen LogP contribution is -2.21. The van der Waals surface area contributed by atoms with E-state index in [1.807, 2.05) is 6.08 Å². The second-order valence-electron chi connectivity index (χ2n) is 12.9. The van der Waals surface area contributed by atoms with Crippen LogP contribution in [0, 0.1) is 12.3 Å². The first-order valence-corrected chi connectivity index (χ1v) is 16.9. The molecule has 1 aliphatic heterocycles. The smallest absolute Gasteiger partial charge is 0.0543 e. The van der Waals surface area contributed by atoms with Crippen LogP contribution in [0.5, 0.6) is 0 Å². The van der Waals surface area contributed by atoms with E-state index in [1.54, 1.807) is 0 Å². The minimum atomic E-state index is 0.790. The molecular formula is C46H41N3. The van der Waals surface area contributed by atoms with Gasteiger partial charge in [0.05, 0.1) is 11.0 Å². The predicted molar refractivity (Wildman–Crippen MR) is 211 cm³/mol. The summed E-state index contributed by atoms with van der Waals surface area (Å²) in [6, 6.07) is 32.2. The summed E-state index contributed by atoms with van der Waals surface area (Å²) in [7, 11) is 0. The summed E-state index contributed by atoms with van der Waals surface area (Å²) >= 11 is 0. The fourth-order valence-corrected chi connectivity index (χ4v) is 6.99. The van der Waals surface area contributed by atoms with E-state index in [9.17, 15) is 0 Å². The van der Waals surface area contributed by atoms with Gasteiger partial charge in [0.1, 0.15) is 0 Å². The summed E-state index contributed by atoms with van der Waals surface area (Å²) in [5, 5.41) is 10.9. The highest BCUT2D eigenvalue weighted by Crippen LogP contribution is 2.36. The van der Waals surface area contributed by atoms with Gasteiger partial charge in [0.2, 0.25) is 0 Å². The topological polar surface area (TPSA) is 32.0 Å². The van der Waals surface area contributed by atoms with Crippen molar-refractivity contribution < 1.29 is 0 Å². The van der Waals surface area contributed by atoms with E-state index in [1.165, 1.54) is 44.7 Å². The number of allylic oxidation sites excluding steroid dienone is 12. The van der Waals surface area contributed by atoms with Crippen molar-refractivity contribution >= 4 is 44.9 Å². The summed E-state index contributed by atoms with van der Waals surface area (Å²) in [5.41, 5.74) is 13.9. The zero-order chi connectivity index (χ0) is 33.9. The number of nitrogens with zero attached hydrogens (tertiary/aromatic N) is 2. The molecule has 4 aromatic carbocycles. The molecule has 0 unspecified atom stereocenters. The Balaban J connectivity index is 1.27. The zero-order valence-electron chi connectivity index (χ0n) is 28.3. The van der Waals surface area contributed by atoms with Crippen LogP contribution >= 0.6 is 0 Å². The van der Waals surface area contributed by atoms with Crippen LogP contribution in [0.1, 0.15) is 42.9 Å². The van der Waals surface area contributed by atoms with Gasteiger partial charge >= 0.3 is 0 Å². The van der Waals surface area contributed by atoms with Gasteiger partial charge in [-0.05, 0) is 127 Å². The van der Waals surface area contributed by atoms with Crippen molar-refractivity contribution in [2.75, 3.05) is 4.90 Å². The summed E-state index contributed by atoms with van der Waals surface area (Å²) in [6.45, 7) is 13.3. The minimum Gasteiger partial charge on any atom is -0.311 e. The average Bonchev–Trinajstić information content (AvgIpc) is 3.25. The molecule has 0 atom stereocenters. The van der Waals surface area contributed by atoms with Gasteiger partial charge in [0.25, 0.3) is 0 Å². The van der Waals surface area contributed by atoms with E-state index in [0.29, 0.717) is 0 Å². The van der Waals surface area contributed by atoms with Crippen LogP contribution in [0.3, 0.4) is 0 Å². The number of para-hydroxylation sites is 1. The van der Waals surface area contributed by atoms with Crippen molar-refractivity contribution in [2.24, 2.45) is 0 Å². The fourth-order valence-electron chi connectivity index (χ4n) is 6.99. The minimum absolute atomic E-state index is 0.790. The normalized spacial score (nSPS) is 17.1. The van der Waals surface area contributed by atoms with Gasteiger partial charge in [0, 0.05) is 39.8 Å². The molecule has 3 heteroatoms. The molecule has 2 heterocycles. The highest BCUT2D eigenvalue weighted by Gasteiger charge is 2.19. The van der Waals surface area contributed by atoms with Gasteiger partial charge in [-0.15, -0.1) is 0 Å². The third kappa shape index (κ3) is 6.36. The Bertz CT molecular complexity index is 2330. The van der Waals surface area contributed by atoms with Crippen LogP contribution in [0.25, 0.3) is 38.6 Å². The van der Waals surface area contributed by atoms with E-state index in [-0.39, 0.29) is 0 Å². The van der Waals surface area contributed by atoms with Gasteiger partial charge in [-0.25, -0.2) is 0 Å². The molecule has 0 bridgehead atoms. The van der Waals surface area contributed by atoms with Crippen molar-refractivity contribution in [1.29, 1.82) is 5.41 Å². The third-order valence-electron chi connectivity index (χ3n) is 9.37. The Morgan fingerprint density at radius 1 is 0.776 bits per heavy atom. The molecule has 1 N–H and O–H groups in total. The van der Waals surface area contributed by atoms with E-state index in [0.717, 1.165) is 64.3 Å². The quantitative estimate of drug-likeness (QED) is 0.146. The molecule has 3 nitrogen and oxygen atoms in total. The Morgan fingerprint density at radius 3 is 2.41 bits per heavy atom. The first-order valence-electron chi connectivity index (χ1n) is 16.9. The maximum atomic E-state index is 8.47. The lowest BCUT2D eigenvalue weighted by Gasteiger charge is -2.30. The summed E-state index contributed by atoms with van der Waals surface area (Å²) < 4.78 is 2.34. The molecule has 0 radical (unpaired) electrons. The molecule has 2 aliphatic rings. The molecule has 0 fully saturated rings. The van der Waals surface area contributed by atoms with Gasteiger partial charge in [0.15, 0.2) is 0 Å². The molecule has 7 rings (SSSR count). The Labute approximate surface area is 289 Å². The number of aromatic nitrogens is 1. The monoisotopic (exact) mass is 635 g/mol. The Morgan fingerprint density at radius 2 is 1.55 bits per heavy atom. The number of hydrogen-bond donors (Lipinski definition) is 1. The molecule has 1 aliphatic carbocycles. The van der Waals surface area contributed by atoms with Crippen LogP contribution in [0.2, 0.25) is 0 Å². The summed E-state index contributed by atoms with van der Waals surface area (Å²) in [6.07, 6.45) is 21.6. The number of benzene rings is 4. The first-order chi connectivity index (χ1) is 23.9. The first kappa shape index (κ1) is 31.7. The average molecular weight is 636 g/mol.